The van der Waals surface area contributed by atoms with Crippen molar-refractivity contribution in [1.82, 2.24) is 0 Å². The second-order valence-electron chi connectivity index (χ2n) is 7.34. The number of hydrogen-bond acceptors (Lipinski definition) is 3. The second kappa shape index (κ2) is 10.8. The van der Waals surface area contributed by atoms with Gasteiger partial charge in [0.05, 0.1) is 13.2 Å². The summed E-state index contributed by atoms with van der Waals surface area (Å²) in [5, 5.41) is 0. The predicted octanol–water partition coefficient (Wildman–Crippen LogP) is 7.84. The van der Waals surface area contributed by atoms with Crippen molar-refractivity contribution in [2.75, 3.05) is 13.2 Å². The van der Waals surface area contributed by atoms with Crippen molar-refractivity contribution >= 4 is 0 Å². The van der Waals surface area contributed by atoms with Crippen molar-refractivity contribution in [3.63, 3.8) is 0 Å². The highest BCUT2D eigenvalue weighted by molar-refractivity contribution is 5.35. The SMILES string of the molecule is CCOc1ccc([C@@H](CO[C@@H](c2cccc(Oc3ccccc3)c2)C(F)(F)F)C(F)(F)F)cc1. The maximum atomic E-state index is 13.8. The van der Waals surface area contributed by atoms with Gasteiger partial charge in [-0.3, -0.25) is 0 Å². The van der Waals surface area contributed by atoms with Gasteiger partial charge in [-0.25, -0.2) is 0 Å². The van der Waals surface area contributed by atoms with Gasteiger partial charge < -0.3 is 14.2 Å². The zero-order valence-electron chi connectivity index (χ0n) is 18.1. The van der Waals surface area contributed by atoms with Crippen LogP contribution in [-0.2, 0) is 4.74 Å². The molecule has 3 aromatic rings. The standard InChI is InChI=1S/C25H22F6O3/c1-2-32-19-13-11-17(12-14-19)22(24(26,27)28)16-33-23(25(29,30)31)18-7-6-10-21(15-18)34-20-8-4-3-5-9-20/h3-15,22-23H,2,16H2,1H3/t22-,23+/m1/s1. The molecule has 0 fully saturated rings. The third-order valence-electron chi connectivity index (χ3n) is 4.86. The molecule has 0 amide bonds. The number of hydrogen-bond donors (Lipinski definition) is 0. The van der Waals surface area contributed by atoms with Crippen LogP contribution < -0.4 is 9.47 Å². The summed E-state index contributed by atoms with van der Waals surface area (Å²) in [5.41, 5.74) is -0.591. The Morgan fingerprint density at radius 2 is 1.32 bits per heavy atom. The van der Waals surface area contributed by atoms with Gasteiger partial charge in [0.25, 0.3) is 0 Å². The minimum Gasteiger partial charge on any atom is -0.494 e. The molecule has 9 heteroatoms. The Balaban J connectivity index is 1.82. The zero-order valence-corrected chi connectivity index (χ0v) is 18.1. The molecular weight excluding hydrogens is 462 g/mol. The molecule has 0 bridgehead atoms. The van der Waals surface area contributed by atoms with Crippen LogP contribution in [0.1, 0.15) is 30.1 Å². The lowest BCUT2D eigenvalue weighted by Gasteiger charge is -2.26. The van der Waals surface area contributed by atoms with E-state index < -0.39 is 31.0 Å². The quantitative estimate of drug-likeness (QED) is 0.290. The minimum atomic E-state index is -4.94. The summed E-state index contributed by atoms with van der Waals surface area (Å²) in [4.78, 5) is 0. The highest BCUT2D eigenvalue weighted by atomic mass is 19.4. The maximum absolute atomic E-state index is 13.8. The van der Waals surface area contributed by atoms with Crippen molar-refractivity contribution in [3.8, 4) is 17.2 Å². The van der Waals surface area contributed by atoms with E-state index in [4.69, 9.17) is 14.2 Å². The van der Waals surface area contributed by atoms with Crippen molar-refractivity contribution in [2.45, 2.75) is 31.3 Å². The van der Waals surface area contributed by atoms with Crippen LogP contribution in [-0.4, -0.2) is 25.6 Å². The van der Waals surface area contributed by atoms with Gasteiger partial charge in [-0.1, -0.05) is 42.5 Å². The van der Waals surface area contributed by atoms with E-state index in [1.807, 2.05) is 0 Å². The van der Waals surface area contributed by atoms with E-state index in [1.54, 1.807) is 37.3 Å². The summed E-state index contributed by atoms with van der Waals surface area (Å²) >= 11 is 0. The van der Waals surface area contributed by atoms with E-state index in [2.05, 4.69) is 0 Å². The summed E-state index contributed by atoms with van der Waals surface area (Å²) in [6.45, 7) is 0.828. The Morgan fingerprint density at radius 3 is 1.91 bits per heavy atom. The second-order valence-corrected chi connectivity index (χ2v) is 7.34. The van der Waals surface area contributed by atoms with E-state index in [0.29, 0.717) is 18.1 Å². The molecule has 0 spiro atoms. The average Bonchev–Trinajstić information content (AvgIpc) is 2.77. The van der Waals surface area contributed by atoms with Crippen LogP contribution in [0.25, 0.3) is 0 Å². The van der Waals surface area contributed by atoms with Crippen LogP contribution in [0.4, 0.5) is 26.3 Å². The predicted molar refractivity (Wildman–Crippen MR) is 114 cm³/mol. The molecule has 34 heavy (non-hydrogen) atoms. The van der Waals surface area contributed by atoms with Gasteiger partial charge in [-0.15, -0.1) is 0 Å². The number of rotatable bonds is 9. The van der Waals surface area contributed by atoms with Gasteiger partial charge in [0.1, 0.15) is 23.2 Å². The molecule has 0 N–H and O–H groups in total. The number of alkyl halides is 6. The summed E-state index contributed by atoms with van der Waals surface area (Å²) in [6, 6.07) is 18.4. The van der Waals surface area contributed by atoms with E-state index in [9.17, 15) is 26.3 Å². The van der Waals surface area contributed by atoms with E-state index in [-0.39, 0.29) is 16.9 Å². The largest absolute Gasteiger partial charge is 0.494 e. The van der Waals surface area contributed by atoms with Crippen LogP contribution >= 0.6 is 0 Å². The van der Waals surface area contributed by atoms with Crippen LogP contribution in [0, 0.1) is 0 Å². The first-order valence-corrected chi connectivity index (χ1v) is 10.4. The van der Waals surface area contributed by atoms with Crippen molar-refractivity contribution in [2.24, 2.45) is 0 Å². The fourth-order valence-corrected chi connectivity index (χ4v) is 3.28. The summed E-state index contributed by atoms with van der Waals surface area (Å²) in [6.07, 6.45) is -12.3. The van der Waals surface area contributed by atoms with Crippen molar-refractivity contribution in [3.05, 3.63) is 90.0 Å². The Morgan fingerprint density at radius 1 is 0.676 bits per heavy atom. The first-order valence-electron chi connectivity index (χ1n) is 10.4. The van der Waals surface area contributed by atoms with E-state index in [0.717, 1.165) is 12.1 Å². The monoisotopic (exact) mass is 484 g/mol. The first-order chi connectivity index (χ1) is 16.1. The lowest BCUT2D eigenvalue weighted by atomic mass is 9.99. The Bertz CT molecular complexity index is 1030. The van der Waals surface area contributed by atoms with Crippen LogP contribution in [0.5, 0.6) is 17.2 Å². The lowest BCUT2D eigenvalue weighted by Crippen LogP contribution is -2.30. The molecular formula is C25H22F6O3. The number of halogens is 6. The molecule has 0 saturated carbocycles. The van der Waals surface area contributed by atoms with Crippen molar-refractivity contribution in [1.29, 1.82) is 0 Å². The topological polar surface area (TPSA) is 27.7 Å². The van der Waals surface area contributed by atoms with Crippen LogP contribution in [0.2, 0.25) is 0 Å². The van der Waals surface area contributed by atoms with E-state index >= 15 is 0 Å². The lowest BCUT2D eigenvalue weighted by molar-refractivity contribution is -0.237. The summed E-state index contributed by atoms with van der Waals surface area (Å²) in [5.74, 6) is -1.40. The Kier molecular flexibility index (Phi) is 8.09. The molecule has 3 nitrogen and oxygen atoms in total. The molecule has 3 rings (SSSR count). The Hall–Kier alpha value is -3.20. The number of ether oxygens (including phenoxy) is 3. The normalized spacial score (nSPS) is 13.9. The smallest absolute Gasteiger partial charge is 0.418 e. The van der Waals surface area contributed by atoms with Gasteiger partial charge in [0.15, 0.2) is 6.10 Å². The number of para-hydroxylation sites is 1. The van der Waals surface area contributed by atoms with Gasteiger partial charge in [0, 0.05) is 0 Å². The highest BCUT2D eigenvalue weighted by Gasteiger charge is 2.46. The molecule has 0 aromatic heterocycles. The molecule has 0 aliphatic rings. The first kappa shape index (κ1) is 25.4. The maximum Gasteiger partial charge on any atom is 0.418 e. The Labute approximate surface area is 192 Å². The highest BCUT2D eigenvalue weighted by Crippen LogP contribution is 2.41. The molecule has 2 atom stereocenters. The van der Waals surface area contributed by atoms with Crippen molar-refractivity contribution < 1.29 is 40.6 Å². The molecule has 0 aliphatic carbocycles. The van der Waals surface area contributed by atoms with Gasteiger partial charge >= 0.3 is 12.4 Å². The molecule has 0 aliphatic heterocycles. The molecule has 0 unspecified atom stereocenters. The third-order valence-corrected chi connectivity index (χ3v) is 4.86. The van der Waals surface area contributed by atoms with Gasteiger partial charge in [0.2, 0.25) is 0 Å². The minimum absolute atomic E-state index is 0.0976. The fourth-order valence-electron chi connectivity index (χ4n) is 3.28. The molecule has 182 valence electrons. The molecule has 0 saturated heterocycles. The van der Waals surface area contributed by atoms with Gasteiger partial charge in [-0.05, 0) is 54.4 Å². The zero-order chi connectivity index (χ0) is 24.8. The van der Waals surface area contributed by atoms with Crippen LogP contribution in [0.15, 0.2) is 78.9 Å². The summed E-state index contributed by atoms with van der Waals surface area (Å²) in [7, 11) is 0. The van der Waals surface area contributed by atoms with Crippen LogP contribution in [0.3, 0.4) is 0 Å². The van der Waals surface area contributed by atoms with Gasteiger partial charge in [-0.2, -0.15) is 26.3 Å². The summed E-state index contributed by atoms with van der Waals surface area (Å²) < 4.78 is 98.1. The fraction of sp³-hybridized carbons (Fsp3) is 0.280. The molecule has 0 radical (unpaired) electrons. The number of benzene rings is 3. The molecule has 3 aromatic carbocycles. The van der Waals surface area contributed by atoms with E-state index in [1.165, 1.54) is 36.4 Å². The third kappa shape index (κ3) is 6.90. The molecule has 0 heterocycles. The average molecular weight is 484 g/mol.